The molecular weight excluding hydrogens is 202 g/mol. The van der Waals surface area contributed by atoms with Gasteiger partial charge in [0.25, 0.3) is 0 Å². The molecule has 1 radical (unpaired) electrons. The van der Waals surface area contributed by atoms with E-state index in [1.807, 2.05) is 0 Å². The third kappa shape index (κ3) is 3.35. The summed E-state index contributed by atoms with van der Waals surface area (Å²) in [7, 11) is -2.54. The summed E-state index contributed by atoms with van der Waals surface area (Å²) in [5.74, 6) is 0. The monoisotopic (exact) mass is 214 g/mol. The Balaban J connectivity index is 2.64. The second-order valence-corrected chi connectivity index (χ2v) is 3.98. The maximum Gasteiger partial charge on any atom is 0.168 e. The van der Waals surface area contributed by atoms with Crippen molar-refractivity contribution in [1.29, 1.82) is 0 Å². The summed E-state index contributed by atoms with van der Waals surface area (Å²) < 4.78 is 21.1. The highest BCUT2D eigenvalue weighted by atomic mass is 32.2. The van der Waals surface area contributed by atoms with Crippen LogP contribution < -0.4 is 5.32 Å². The number of benzene rings is 1. The fourth-order valence-corrected chi connectivity index (χ4v) is 1.26. The fourth-order valence-electron chi connectivity index (χ4n) is 0.898. The van der Waals surface area contributed by atoms with Crippen LogP contribution in [-0.2, 0) is 10.7 Å². The van der Waals surface area contributed by atoms with Gasteiger partial charge in [-0.15, -0.1) is 0 Å². The lowest BCUT2D eigenvalue weighted by Gasteiger charge is -2.07. The van der Waals surface area contributed by atoms with E-state index in [2.05, 4.69) is 11.4 Å². The third-order valence-electron chi connectivity index (χ3n) is 1.60. The molecule has 0 bridgehead atoms. The summed E-state index contributed by atoms with van der Waals surface area (Å²) in [6.45, 7) is 2.08. The Morgan fingerprint density at radius 3 is 2.71 bits per heavy atom. The van der Waals surface area contributed by atoms with Crippen LogP contribution in [0.25, 0.3) is 0 Å². The summed E-state index contributed by atoms with van der Waals surface area (Å²) in [6.07, 6.45) is -0.445. The molecule has 0 fully saturated rings. The summed E-state index contributed by atoms with van der Waals surface area (Å²) in [4.78, 5) is 0.239. The van der Waals surface area contributed by atoms with Crippen molar-refractivity contribution in [3.05, 3.63) is 24.3 Å². The molecule has 77 valence electrons. The first-order valence-corrected chi connectivity index (χ1v) is 5.35. The number of thiol groups is 1. The van der Waals surface area contributed by atoms with E-state index in [0.29, 0.717) is 12.2 Å². The molecule has 2 N–H and O–H groups in total. The Bertz CT molecular complexity index is 349. The highest BCUT2D eigenvalue weighted by molar-refractivity contribution is 7.72. The van der Waals surface area contributed by atoms with Gasteiger partial charge < -0.3 is 10.4 Å². The van der Waals surface area contributed by atoms with Gasteiger partial charge in [0, 0.05) is 18.3 Å². The second kappa shape index (κ2) is 4.97. The summed E-state index contributed by atoms with van der Waals surface area (Å²) >= 11 is 0. The molecule has 0 saturated heterocycles. The number of aliphatic hydroxyl groups excluding tert-OH is 1. The molecule has 0 aromatic heterocycles. The minimum absolute atomic E-state index is 0.239. The van der Waals surface area contributed by atoms with Crippen LogP contribution in [0.3, 0.4) is 0 Å². The maximum atomic E-state index is 10.5. The average molecular weight is 214 g/mol. The highest BCUT2D eigenvalue weighted by Gasteiger charge is 1.98. The minimum atomic E-state index is -2.54. The molecule has 1 aromatic rings. The fraction of sp³-hybridized carbons (Fsp3) is 0.333. The SMILES string of the molecule is CC(O)CNc1[c]cc([SH](=O)=O)cc1. The number of rotatable bonds is 4. The number of nitrogens with one attached hydrogen (secondary N) is 1. The van der Waals surface area contributed by atoms with Gasteiger partial charge in [-0.3, -0.25) is 0 Å². The van der Waals surface area contributed by atoms with Crippen molar-refractivity contribution >= 4 is 16.4 Å². The Kier molecular flexibility index (Phi) is 3.91. The lowest BCUT2D eigenvalue weighted by molar-refractivity contribution is 0.208. The van der Waals surface area contributed by atoms with Gasteiger partial charge in [-0.1, -0.05) is 0 Å². The van der Waals surface area contributed by atoms with Gasteiger partial charge in [0.2, 0.25) is 0 Å². The first kappa shape index (κ1) is 11.0. The first-order chi connectivity index (χ1) is 6.59. The van der Waals surface area contributed by atoms with Crippen LogP contribution in [0.1, 0.15) is 6.92 Å². The van der Waals surface area contributed by atoms with Crippen LogP contribution in [-0.4, -0.2) is 26.2 Å². The molecule has 1 aromatic carbocycles. The van der Waals surface area contributed by atoms with Crippen molar-refractivity contribution in [1.82, 2.24) is 0 Å². The van der Waals surface area contributed by atoms with Gasteiger partial charge >= 0.3 is 0 Å². The quantitative estimate of drug-likeness (QED) is 0.629. The van der Waals surface area contributed by atoms with E-state index in [9.17, 15) is 8.42 Å². The lowest BCUT2D eigenvalue weighted by Crippen LogP contribution is -2.15. The number of hydrogen-bond donors (Lipinski definition) is 3. The van der Waals surface area contributed by atoms with Crippen molar-refractivity contribution in [3.63, 3.8) is 0 Å². The third-order valence-corrected chi connectivity index (χ3v) is 2.29. The van der Waals surface area contributed by atoms with E-state index in [0.717, 1.165) is 0 Å². The van der Waals surface area contributed by atoms with Crippen LogP contribution in [0.2, 0.25) is 0 Å². The summed E-state index contributed by atoms with van der Waals surface area (Å²) in [5.41, 5.74) is 0.673. The first-order valence-electron chi connectivity index (χ1n) is 4.17. The highest BCUT2D eigenvalue weighted by Crippen LogP contribution is 2.09. The molecule has 0 spiro atoms. The van der Waals surface area contributed by atoms with Crippen molar-refractivity contribution in [2.45, 2.75) is 17.9 Å². The van der Waals surface area contributed by atoms with Crippen LogP contribution in [0.15, 0.2) is 23.1 Å². The molecule has 0 aliphatic carbocycles. The van der Waals surface area contributed by atoms with E-state index >= 15 is 0 Å². The summed E-state index contributed by atoms with van der Waals surface area (Å²) in [5, 5.41) is 11.9. The molecular formula is C9H12NO3S. The molecule has 0 heterocycles. The smallest absolute Gasteiger partial charge is 0.168 e. The van der Waals surface area contributed by atoms with Crippen molar-refractivity contribution < 1.29 is 13.5 Å². The van der Waals surface area contributed by atoms with E-state index < -0.39 is 16.8 Å². The van der Waals surface area contributed by atoms with Gasteiger partial charge in [0.05, 0.1) is 11.0 Å². The molecule has 0 aliphatic rings. The van der Waals surface area contributed by atoms with Crippen LogP contribution in [0.5, 0.6) is 0 Å². The molecule has 1 atom stereocenters. The number of anilines is 1. The Labute approximate surface area is 84.5 Å². The van der Waals surface area contributed by atoms with Crippen LogP contribution in [0, 0.1) is 6.07 Å². The van der Waals surface area contributed by atoms with Crippen LogP contribution >= 0.6 is 0 Å². The van der Waals surface area contributed by atoms with Crippen LogP contribution in [0.4, 0.5) is 5.69 Å². The molecule has 0 saturated carbocycles. The second-order valence-electron chi connectivity index (χ2n) is 2.95. The van der Waals surface area contributed by atoms with Crippen molar-refractivity contribution in [3.8, 4) is 0 Å². The summed E-state index contributed by atoms with van der Waals surface area (Å²) in [6, 6.07) is 7.27. The average Bonchev–Trinajstić information content (AvgIpc) is 2.15. The predicted octanol–water partition coefficient (Wildman–Crippen LogP) is 0.250. The zero-order valence-corrected chi connectivity index (χ0v) is 8.62. The molecule has 5 heteroatoms. The zero-order valence-electron chi connectivity index (χ0n) is 7.73. The molecule has 14 heavy (non-hydrogen) atoms. The number of hydrogen-bond acceptors (Lipinski definition) is 4. The van der Waals surface area contributed by atoms with Gasteiger partial charge in [0.1, 0.15) is 0 Å². The normalized spacial score (nSPS) is 12.8. The standard InChI is InChI=1S/C9H12NO3S/c1-7(11)6-10-8-2-4-9(5-3-8)14(12)13/h2,4-5,7,10-11,14H,6H2,1H3. The van der Waals surface area contributed by atoms with Gasteiger partial charge in [-0.25, -0.2) is 8.42 Å². The molecule has 1 unspecified atom stereocenters. The van der Waals surface area contributed by atoms with E-state index in [1.54, 1.807) is 13.0 Å². The van der Waals surface area contributed by atoms with Crippen molar-refractivity contribution in [2.24, 2.45) is 0 Å². The molecule has 4 nitrogen and oxygen atoms in total. The van der Waals surface area contributed by atoms with Gasteiger partial charge in [-0.2, -0.15) is 0 Å². The minimum Gasteiger partial charge on any atom is -0.392 e. The topological polar surface area (TPSA) is 66.4 Å². The largest absolute Gasteiger partial charge is 0.392 e. The zero-order chi connectivity index (χ0) is 10.6. The number of aliphatic hydroxyl groups is 1. The molecule has 0 aliphatic heterocycles. The Morgan fingerprint density at radius 2 is 2.29 bits per heavy atom. The van der Waals surface area contributed by atoms with Gasteiger partial charge in [-0.05, 0) is 25.1 Å². The maximum absolute atomic E-state index is 10.5. The Hall–Kier alpha value is -1.07. The van der Waals surface area contributed by atoms with E-state index in [-0.39, 0.29) is 4.90 Å². The van der Waals surface area contributed by atoms with E-state index in [1.165, 1.54) is 12.1 Å². The molecule has 0 amide bonds. The predicted molar refractivity (Wildman–Crippen MR) is 54.0 cm³/mol. The Morgan fingerprint density at radius 1 is 1.57 bits per heavy atom. The van der Waals surface area contributed by atoms with Crippen molar-refractivity contribution in [2.75, 3.05) is 11.9 Å². The van der Waals surface area contributed by atoms with E-state index in [4.69, 9.17) is 5.11 Å². The molecule has 1 rings (SSSR count). The lowest BCUT2D eigenvalue weighted by atomic mass is 10.3. The van der Waals surface area contributed by atoms with Gasteiger partial charge in [0.15, 0.2) is 10.7 Å².